The molecule has 9 heteroatoms. The number of carbonyl (C=O) groups is 1. The number of thioether (sulfide) groups is 1. The lowest BCUT2D eigenvalue weighted by Gasteiger charge is -2.13. The van der Waals surface area contributed by atoms with Crippen LogP contribution in [-0.2, 0) is 10.2 Å². The lowest BCUT2D eigenvalue weighted by molar-refractivity contribution is -0.113. The van der Waals surface area contributed by atoms with Crippen LogP contribution in [-0.4, -0.2) is 26.4 Å². The number of aromatic nitrogens is 3. The zero-order chi connectivity index (χ0) is 22.9. The summed E-state index contributed by atoms with van der Waals surface area (Å²) in [7, 11) is 0. The summed E-state index contributed by atoms with van der Waals surface area (Å²) in [4.78, 5) is 30.4. The first-order valence-corrected chi connectivity index (χ1v) is 11.3. The SMILES string of the molecule is CC(C)(C)c1cc(NC(=O)CSc2nc3ccccc3c(=O)n2-c2ccc(Cl)cc2)on1. The van der Waals surface area contributed by atoms with Crippen LogP contribution in [0.15, 0.2) is 69.1 Å². The monoisotopic (exact) mass is 468 g/mol. The number of para-hydroxylation sites is 1. The van der Waals surface area contributed by atoms with Crippen molar-refractivity contribution in [1.82, 2.24) is 14.7 Å². The number of halogens is 1. The topological polar surface area (TPSA) is 90.0 Å². The van der Waals surface area contributed by atoms with Gasteiger partial charge in [-0.3, -0.25) is 19.5 Å². The fraction of sp³-hybridized carbons (Fsp3) is 0.217. The summed E-state index contributed by atoms with van der Waals surface area (Å²) in [5, 5.41) is 8.16. The van der Waals surface area contributed by atoms with Crippen LogP contribution in [0.4, 0.5) is 5.88 Å². The van der Waals surface area contributed by atoms with E-state index < -0.39 is 0 Å². The highest BCUT2D eigenvalue weighted by Gasteiger charge is 2.20. The predicted molar refractivity (Wildman–Crippen MR) is 127 cm³/mol. The molecule has 0 bridgehead atoms. The first-order valence-electron chi connectivity index (χ1n) is 9.90. The van der Waals surface area contributed by atoms with E-state index in [9.17, 15) is 9.59 Å². The van der Waals surface area contributed by atoms with Crippen LogP contribution < -0.4 is 10.9 Å². The van der Waals surface area contributed by atoms with E-state index in [1.165, 1.54) is 4.57 Å². The second-order valence-corrected chi connectivity index (χ2v) is 9.57. The molecule has 0 aliphatic rings. The number of anilines is 1. The molecule has 1 N–H and O–H groups in total. The predicted octanol–water partition coefficient (Wildman–Crippen LogP) is 5.06. The Hall–Kier alpha value is -3.10. The molecule has 4 rings (SSSR count). The summed E-state index contributed by atoms with van der Waals surface area (Å²) >= 11 is 7.17. The van der Waals surface area contributed by atoms with Gasteiger partial charge in [0.2, 0.25) is 11.8 Å². The van der Waals surface area contributed by atoms with Crippen molar-refractivity contribution in [2.75, 3.05) is 11.1 Å². The number of rotatable bonds is 5. The minimum Gasteiger partial charge on any atom is -0.338 e. The Morgan fingerprint density at radius 2 is 1.88 bits per heavy atom. The maximum atomic E-state index is 13.2. The second kappa shape index (κ2) is 8.80. The number of nitrogens with one attached hydrogen (secondary N) is 1. The minimum absolute atomic E-state index is 0.0317. The first-order chi connectivity index (χ1) is 15.2. The summed E-state index contributed by atoms with van der Waals surface area (Å²) in [5.74, 6) is 0.0166. The van der Waals surface area contributed by atoms with Crippen LogP contribution in [0.1, 0.15) is 26.5 Å². The molecule has 1 amide bonds. The van der Waals surface area contributed by atoms with Crippen molar-refractivity contribution in [3.05, 3.63) is 75.7 Å². The van der Waals surface area contributed by atoms with E-state index in [2.05, 4.69) is 15.5 Å². The zero-order valence-corrected chi connectivity index (χ0v) is 19.3. The first kappa shape index (κ1) is 22.1. The molecule has 2 heterocycles. The standard InChI is InChI=1S/C23H21ClN4O3S/c1-23(2,3)18-12-20(31-27-18)26-19(29)13-32-22-25-17-7-5-4-6-16(17)21(30)28(22)15-10-8-14(24)9-11-15/h4-12H,13H2,1-3H3,(H,26,29). The summed E-state index contributed by atoms with van der Waals surface area (Å²) in [6.07, 6.45) is 0. The molecule has 2 aromatic heterocycles. The third-order valence-electron chi connectivity index (χ3n) is 4.70. The Labute approximate surface area is 193 Å². The lowest BCUT2D eigenvalue weighted by atomic mass is 9.92. The molecular formula is C23H21ClN4O3S. The summed E-state index contributed by atoms with van der Waals surface area (Å²) in [5.41, 5.74) is 1.52. The molecule has 0 saturated carbocycles. The average Bonchev–Trinajstić information content (AvgIpc) is 3.22. The molecule has 0 fully saturated rings. The van der Waals surface area contributed by atoms with Crippen LogP contribution >= 0.6 is 23.4 Å². The van der Waals surface area contributed by atoms with Gasteiger partial charge in [0.25, 0.3) is 5.56 Å². The Morgan fingerprint density at radius 3 is 2.56 bits per heavy atom. The number of benzene rings is 2. The molecule has 164 valence electrons. The van der Waals surface area contributed by atoms with Gasteiger partial charge in [-0.05, 0) is 36.4 Å². The van der Waals surface area contributed by atoms with Gasteiger partial charge in [0.1, 0.15) is 0 Å². The third kappa shape index (κ3) is 4.71. The van der Waals surface area contributed by atoms with Crippen molar-refractivity contribution in [1.29, 1.82) is 0 Å². The molecule has 32 heavy (non-hydrogen) atoms. The highest BCUT2D eigenvalue weighted by molar-refractivity contribution is 7.99. The number of hydrogen-bond donors (Lipinski definition) is 1. The van der Waals surface area contributed by atoms with Gasteiger partial charge in [-0.15, -0.1) is 0 Å². The van der Waals surface area contributed by atoms with Crippen LogP contribution in [0.5, 0.6) is 0 Å². The molecule has 7 nitrogen and oxygen atoms in total. The van der Waals surface area contributed by atoms with Gasteiger partial charge in [-0.1, -0.05) is 61.4 Å². The van der Waals surface area contributed by atoms with E-state index in [1.807, 2.05) is 26.8 Å². The van der Waals surface area contributed by atoms with Gasteiger partial charge in [0, 0.05) is 16.5 Å². The molecule has 0 saturated heterocycles. The number of nitrogens with zero attached hydrogens (tertiary/aromatic N) is 3. The van der Waals surface area contributed by atoms with Gasteiger partial charge in [-0.2, -0.15) is 0 Å². The third-order valence-corrected chi connectivity index (χ3v) is 5.89. The van der Waals surface area contributed by atoms with Gasteiger partial charge in [0.05, 0.1) is 28.0 Å². The van der Waals surface area contributed by atoms with Crippen molar-refractivity contribution in [3.8, 4) is 5.69 Å². The van der Waals surface area contributed by atoms with Gasteiger partial charge >= 0.3 is 0 Å². The summed E-state index contributed by atoms with van der Waals surface area (Å²) in [6.45, 7) is 6.02. The van der Waals surface area contributed by atoms with Crippen molar-refractivity contribution >= 4 is 46.1 Å². The van der Waals surface area contributed by atoms with Crippen molar-refractivity contribution in [2.24, 2.45) is 0 Å². The van der Waals surface area contributed by atoms with Crippen molar-refractivity contribution in [3.63, 3.8) is 0 Å². The molecule has 0 unspecified atom stereocenters. The van der Waals surface area contributed by atoms with Crippen LogP contribution in [0.3, 0.4) is 0 Å². The van der Waals surface area contributed by atoms with Crippen LogP contribution in [0, 0.1) is 0 Å². The average molecular weight is 469 g/mol. The summed E-state index contributed by atoms with van der Waals surface area (Å²) < 4.78 is 6.71. The molecule has 0 spiro atoms. The van der Waals surface area contributed by atoms with E-state index in [1.54, 1.807) is 48.5 Å². The van der Waals surface area contributed by atoms with E-state index in [0.29, 0.717) is 26.8 Å². The van der Waals surface area contributed by atoms with Crippen LogP contribution in [0.2, 0.25) is 5.02 Å². The molecule has 0 aliphatic heterocycles. The Morgan fingerprint density at radius 1 is 1.16 bits per heavy atom. The second-order valence-electron chi connectivity index (χ2n) is 8.19. The molecule has 0 radical (unpaired) electrons. The Kier molecular flexibility index (Phi) is 6.08. The summed E-state index contributed by atoms with van der Waals surface area (Å²) in [6, 6.07) is 15.7. The van der Waals surface area contributed by atoms with Crippen molar-refractivity contribution < 1.29 is 9.32 Å². The molecule has 2 aromatic carbocycles. The quantitative estimate of drug-likeness (QED) is 0.325. The van der Waals surface area contributed by atoms with E-state index in [0.717, 1.165) is 17.5 Å². The largest absolute Gasteiger partial charge is 0.338 e. The van der Waals surface area contributed by atoms with E-state index in [4.69, 9.17) is 16.1 Å². The fourth-order valence-corrected chi connectivity index (χ4v) is 3.96. The van der Waals surface area contributed by atoms with E-state index in [-0.39, 0.29) is 28.5 Å². The highest BCUT2D eigenvalue weighted by Crippen LogP contribution is 2.25. The van der Waals surface area contributed by atoms with E-state index >= 15 is 0 Å². The number of carbonyl (C=O) groups excluding carboxylic acids is 1. The van der Waals surface area contributed by atoms with Gasteiger partial charge in [0.15, 0.2) is 5.16 Å². The highest BCUT2D eigenvalue weighted by atomic mass is 35.5. The smallest absolute Gasteiger partial charge is 0.266 e. The zero-order valence-electron chi connectivity index (χ0n) is 17.8. The molecule has 0 aliphatic carbocycles. The number of amides is 1. The maximum Gasteiger partial charge on any atom is 0.266 e. The number of hydrogen-bond acceptors (Lipinski definition) is 6. The van der Waals surface area contributed by atoms with Gasteiger partial charge in [-0.25, -0.2) is 4.98 Å². The lowest BCUT2D eigenvalue weighted by Crippen LogP contribution is -2.22. The fourth-order valence-electron chi connectivity index (χ4n) is 3.02. The van der Waals surface area contributed by atoms with Crippen LogP contribution in [0.25, 0.3) is 16.6 Å². The van der Waals surface area contributed by atoms with Crippen molar-refractivity contribution in [2.45, 2.75) is 31.3 Å². The molecular weight excluding hydrogens is 448 g/mol. The minimum atomic E-state index is -0.295. The molecule has 4 aromatic rings. The number of fused-ring (bicyclic) bond motifs is 1. The normalized spacial score (nSPS) is 11.6. The Balaban J connectivity index is 1.61. The molecule has 0 atom stereocenters. The maximum absolute atomic E-state index is 13.2. The Bertz CT molecular complexity index is 1340. The van der Waals surface area contributed by atoms with Gasteiger partial charge < -0.3 is 4.52 Å².